The van der Waals surface area contributed by atoms with E-state index in [4.69, 9.17) is 4.74 Å². The lowest BCUT2D eigenvalue weighted by molar-refractivity contribution is -0.143. The first kappa shape index (κ1) is 24.2. The van der Waals surface area contributed by atoms with E-state index in [0.29, 0.717) is 20.6 Å². The van der Waals surface area contributed by atoms with Crippen LogP contribution in [0.5, 0.6) is 0 Å². The van der Waals surface area contributed by atoms with Gasteiger partial charge in [-0.05, 0) is 69.8 Å². The number of esters is 1. The summed E-state index contributed by atoms with van der Waals surface area (Å²) in [6, 6.07) is 11.5. The number of rotatable bonds is 7. The zero-order valence-corrected chi connectivity index (χ0v) is 21.7. The molecule has 0 fully saturated rings. The second-order valence-electron chi connectivity index (χ2n) is 8.32. The molecule has 3 aromatic rings. The fourth-order valence-electron chi connectivity index (χ4n) is 4.10. The van der Waals surface area contributed by atoms with Crippen LogP contribution in [0.25, 0.3) is 6.08 Å². The van der Waals surface area contributed by atoms with Crippen molar-refractivity contribution in [3.63, 3.8) is 0 Å². The first-order valence-electron chi connectivity index (χ1n) is 11.5. The Kier molecular flexibility index (Phi) is 7.19. The first-order chi connectivity index (χ1) is 16.3. The highest BCUT2D eigenvalue weighted by molar-refractivity contribution is 7.10. The van der Waals surface area contributed by atoms with Crippen LogP contribution in [0.1, 0.15) is 51.1 Å². The molecule has 3 heterocycles. The molecule has 0 radical (unpaired) electrons. The van der Waals surface area contributed by atoms with E-state index in [2.05, 4.69) is 35.9 Å². The van der Waals surface area contributed by atoms with Crippen LogP contribution in [-0.4, -0.2) is 29.7 Å². The predicted octanol–water partition coefficient (Wildman–Crippen LogP) is 4.09. The van der Waals surface area contributed by atoms with Crippen LogP contribution in [0.15, 0.2) is 62.8 Å². The van der Waals surface area contributed by atoms with Crippen LogP contribution in [0.2, 0.25) is 0 Å². The molecule has 6 nitrogen and oxygen atoms in total. The van der Waals surface area contributed by atoms with Crippen LogP contribution >= 0.6 is 22.7 Å². The number of carbonyl (C=O) groups is 1. The zero-order chi connectivity index (χ0) is 24.4. The van der Waals surface area contributed by atoms with E-state index >= 15 is 0 Å². The maximum atomic E-state index is 13.6. The fraction of sp³-hybridized carbons (Fsp3) is 0.346. The first-order valence-corrected chi connectivity index (χ1v) is 13.2. The summed E-state index contributed by atoms with van der Waals surface area (Å²) < 4.78 is 7.74. The highest BCUT2D eigenvalue weighted by atomic mass is 32.1. The van der Waals surface area contributed by atoms with Crippen molar-refractivity contribution in [2.45, 2.75) is 46.8 Å². The van der Waals surface area contributed by atoms with Crippen molar-refractivity contribution in [2.24, 2.45) is 4.99 Å². The van der Waals surface area contributed by atoms with Gasteiger partial charge in [-0.3, -0.25) is 9.36 Å². The Bertz CT molecular complexity index is 1380. The summed E-state index contributed by atoms with van der Waals surface area (Å²) >= 11 is 2.86. The molecule has 1 aromatic carbocycles. The molecule has 2 aromatic heterocycles. The molecule has 0 N–H and O–H groups in total. The average Bonchev–Trinajstić information content (AvgIpc) is 3.43. The summed E-state index contributed by atoms with van der Waals surface area (Å²) in [5.74, 6) is -0.434. The molecule has 1 aliphatic rings. The van der Waals surface area contributed by atoms with Crippen LogP contribution in [0, 0.1) is 0 Å². The third kappa shape index (κ3) is 4.65. The van der Waals surface area contributed by atoms with Gasteiger partial charge in [0.25, 0.3) is 5.56 Å². The van der Waals surface area contributed by atoms with Gasteiger partial charge < -0.3 is 9.64 Å². The third-order valence-electron chi connectivity index (χ3n) is 5.72. The minimum Gasteiger partial charge on any atom is -0.459 e. The molecule has 1 aliphatic heterocycles. The van der Waals surface area contributed by atoms with E-state index in [0.717, 1.165) is 29.2 Å². The van der Waals surface area contributed by atoms with Crippen LogP contribution in [-0.2, 0) is 9.53 Å². The summed E-state index contributed by atoms with van der Waals surface area (Å²) in [5, 5.41) is 1.95. The van der Waals surface area contributed by atoms with Crippen molar-refractivity contribution >= 4 is 40.4 Å². The van der Waals surface area contributed by atoms with Gasteiger partial charge in [0.2, 0.25) is 0 Å². The number of ether oxygens (including phenoxy) is 1. The van der Waals surface area contributed by atoms with Gasteiger partial charge in [0.05, 0.1) is 21.9 Å². The minimum atomic E-state index is -0.547. The zero-order valence-electron chi connectivity index (χ0n) is 20.1. The topological polar surface area (TPSA) is 63.9 Å². The highest BCUT2D eigenvalue weighted by Gasteiger charge is 2.34. The number of aromatic nitrogens is 1. The van der Waals surface area contributed by atoms with Gasteiger partial charge in [0.1, 0.15) is 6.04 Å². The molecular formula is C26H29N3O3S2. The molecule has 4 rings (SSSR count). The monoisotopic (exact) mass is 495 g/mol. The molecule has 0 amide bonds. The second-order valence-corrected chi connectivity index (χ2v) is 10.3. The van der Waals surface area contributed by atoms with Crippen molar-refractivity contribution in [2.75, 3.05) is 18.0 Å². The standard InChI is InChI=1S/C26H29N3O3S2/c1-6-28(7-2)19-12-10-18(11-13-19)15-21-24(30)29-23(20-9-8-14-33-20)22(25(31)32-16(3)4)17(5)27-26(29)34-21/h8-16,23H,6-7H2,1-5H3/b21-15+/t23-/m1/s1. The van der Waals surface area contributed by atoms with E-state index < -0.39 is 12.0 Å². The van der Waals surface area contributed by atoms with Crippen molar-refractivity contribution in [1.29, 1.82) is 0 Å². The number of hydrogen-bond acceptors (Lipinski definition) is 7. The Balaban J connectivity index is 1.81. The van der Waals surface area contributed by atoms with Crippen LogP contribution in [0.4, 0.5) is 5.69 Å². The summed E-state index contributed by atoms with van der Waals surface area (Å²) in [6.45, 7) is 11.6. The smallest absolute Gasteiger partial charge is 0.338 e. The Morgan fingerprint density at radius 1 is 1.21 bits per heavy atom. The summed E-state index contributed by atoms with van der Waals surface area (Å²) in [4.78, 5) is 35.0. The molecule has 0 saturated heterocycles. The average molecular weight is 496 g/mol. The number of thiophene rings is 1. The lowest BCUT2D eigenvalue weighted by Crippen LogP contribution is -2.39. The number of thiazole rings is 1. The highest BCUT2D eigenvalue weighted by Crippen LogP contribution is 2.33. The Morgan fingerprint density at radius 2 is 1.91 bits per heavy atom. The maximum Gasteiger partial charge on any atom is 0.338 e. The van der Waals surface area contributed by atoms with E-state index in [-0.39, 0.29) is 11.7 Å². The van der Waals surface area contributed by atoms with Gasteiger partial charge in [-0.15, -0.1) is 11.3 Å². The predicted molar refractivity (Wildman–Crippen MR) is 139 cm³/mol. The normalized spacial score (nSPS) is 15.9. The molecule has 0 aliphatic carbocycles. The molecule has 0 saturated carbocycles. The second kappa shape index (κ2) is 10.1. The number of anilines is 1. The van der Waals surface area contributed by atoms with Gasteiger partial charge >= 0.3 is 5.97 Å². The SMILES string of the molecule is CCN(CC)c1ccc(/C=c2/sc3n(c2=O)[C@H](c2cccs2)C(C(=O)OC(C)C)=C(C)N=3)cc1. The van der Waals surface area contributed by atoms with Crippen molar-refractivity contribution in [3.05, 3.63) is 83.2 Å². The Hall–Kier alpha value is -2.97. The number of nitrogens with zero attached hydrogens (tertiary/aromatic N) is 3. The largest absolute Gasteiger partial charge is 0.459 e. The Morgan fingerprint density at radius 3 is 2.50 bits per heavy atom. The Labute approximate surface area is 207 Å². The third-order valence-corrected chi connectivity index (χ3v) is 7.62. The van der Waals surface area contributed by atoms with Crippen molar-refractivity contribution in [1.82, 2.24) is 4.57 Å². The van der Waals surface area contributed by atoms with Crippen molar-refractivity contribution in [3.8, 4) is 0 Å². The summed E-state index contributed by atoms with van der Waals surface area (Å²) in [5.41, 5.74) is 2.95. The molecule has 8 heteroatoms. The number of benzene rings is 1. The molecule has 34 heavy (non-hydrogen) atoms. The van der Waals surface area contributed by atoms with E-state index in [1.54, 1.807) is 11.5 Å². The van der Waals surface area contributed by atoms with Crippen LogP contribution in [0.3, 0.4) is 0 Å². The molecule has 178 valence electrons. The van der Waals surface area contributed by atoms with Crippen LogP contribution < -0.4 is 19.8 Å². The van der Waals surface area contributed by atoms with E-state index in [1.807, 2.05) is 49.6 Å². The lowest BCUT2D eigenvalue weighted by Gasteiger charge is -2.24. The van der Waals surface area contributed by atoms with Gasteiger partial charge in [0, 0.05) is 23.7 Å². The van der Waals surface area contributed by atoms with Gasteiger partial charge in [0.15, 0.2) is 4.80 Å². The van der Waals surface area contributed by atoms with E-state index in [1.165, 1.54) is 22.7 Å². The number of hydrogen-bond donors (Lipinski definition) is 0. The summed E-state index contributed by atoms with van der Waals surface area (Å²) in [6.07, 6.45) is 1.63. The fourth-order valence-corrected chi connectivity index (χ4v) is 5.97. The number of allylic oxidation sites excluding steroid dienone is 1. The molecule has 0 spiro atoms. The number of fused-ring (bicyclic) bond motifs is 1. The van der Waals surface area contributed by atoms with Crippen molar-refractivity contribution < 1.29 is 9.53 Å². The number of carbonyl (C=O) groups excluding carboxylic acids is 1. The quantitative estimate of drug-likeness (QED) is 0.463. The molecule has 0 unspecified atom stereocenters. The van der Waals surface area contributed by atoms with Gasteiger partial charge in [-0.1, -0.05) is 29.5 Å². The van der Waals surface area contributed by atoms with E-state index in [9.17, 15) is 9.59 Å². The van der Waals surface area contributed by atoms with Gasteiger partial charge in [-0.25, -0.2) is 9.79 Å². The molecule has 0 bridgehead atoms. The summed E-state index contributed by atoms with van der Waals surface area (Å²) in [7, 11) is 0. The molecule has 1 atom stereocenters. The molecular weight excluding hydrogens is 466 g/mol. The van der Waals surface area contributed by atoms with Gasteiger partial charge in [-0.2, -0.15) is 0 Å². The lowest BCUT2D eigenvalue weighted by atomic mass is 10.0. The maximum absolute atomic E-state index is 13.6. The minimum absolute atomic E-state index is 0.155.